The molecule has 2 amide bonds. The second-order valence-corrected chi connectivity index (χ2v) is 6.52. The summed E-state index contributed by atoms with van der Waals surface area (Å²) < 4.78 is 2.55. The van der Waals surface area contributed by atoms with Gasteiger partial charge < -0.3 is 0 Å². The molecule has 0 saturated heterocycles. The van der Waals surface area contributed by atoms with Gasteiger partial charge in [0.25, 0.3) is 11.8 Å². The minimum Gasteiger partial charge on any atom is -0.267 e. The number of aromatic nitrogens is 2. The van der Waals surface area contributed by atoms with Crippen LogP contribution in [0.3, 0.4) is 0 Å². The molecule has 0 aliphatic carbocycles. The van der Waals surface area contributed by atoms with E-state index in [-0.39, 0.29) is 5.91 Å². The minimum atomic E-state index is -0.438. The van der Waals surface area contributed by atoms with Crippen LogP contribution in [-0.4, -0.2) is 21.6 Å². The summed E-state index contributed by atoms with van der Waals surface area (Å²) in [7, 11) is 0. The maximum absolute atomic E-state index is 12.2. The zero-order valence-corrected chi connectivity index (χ0v) is 15.7. The van der Waals surface area contributed by atoms with Crippen molar-refractivity contribution in [2.45, 2.75) is 13.3 Å². The van der Waals surface area contributed by atoms with Crippen LogP contribution in [0.4, 0.5) is 0 Å². The Balaban J connectivity index is 1.61. The summed E-state index contributed by atoms with van der Waals surface area (Å²) in [5, 5.41) is 4.17. The van der Waals surface area contributed by atoms with Crippen molar-refractivity contribution in [1.82, 2.24) is 20.6 Å². The zero-order chi connectivity index (χ0) is 18.5. The van der Waals surface area contributed by atoms with E-state index in [1.807, 2.05) is 43.3 Å². The number of halogens is 1. The molecule has 0 atom stereocenters. The van der Waals surface area contributed by atoms with Crippen molar-refractivity contribution < 1.29 is 9.59 Å². The van der Waals surface area contributed by atoms with E-state index in [1.54, 1.807) is 23.0 Å². The van der Waals surface area contributed by atoms with E-state index in [4.69, 9.17) is 0 Å². The van der Waals surface area contributed by atoms with Crippen molar-refractivity contribution in [2.24, 2.45) is 0 Å². The Labute approximate surface area is 159 Å². The lowest BCUT2D eigenvalue weighted by molar-refractivity contribution is 0.0846. The molecule has 0 unspecified atom stereocenters. The summed E-state index contributed by atoms with van der Waals surface area (Å²) in [5.74, 6) is -0.812. The summed E-state index contributed by atoms with van der Waals surface area (Å²) in [6.07, 6.45) is 3.95. The summed E-state index contributed by atoms with van der Waals surface area (Å²) in [6.45, 7) is 2.05. The molecule has 6 nitrogen and oxygen atoms in total. The molecule has 1 aromatic heterocycles. The van der Waals surface area contributed by atoms with Gasteiger partial charge in [-0.2, -0.15) is 5.10 Å². The first-order valence-electron chi connectivity index (χ1n) is 8.07. The summed E-state index contributed by atoms with van der Waals surface area (Å²) in [6, 6.07) is 14.8. The Kier molecular flexibility index (Phi) is 5.48. The third-order valence-corrected chi connectivity index (χ3v) is 4.38. The minimum absolute atomic E-state index is 0.342. The number of hydrazine groups is 1. The van der Waals surface area contributed by atoms with Crippen LogP contribution in [0.15, 0.2) is 65.4 Å². The monoisotopic (exact) mass is 412 g/mol. The van der Waals surface area contributed by atoms with Crippen LogP contribution in [0, 0.1) is 0 Å². The first-order chi connectivity index (χ1) is 12.6. The number of hydrogen-bond donors (Lipinski definition) is 2. The van der Waals surface area contributed by atoms with Crippen molar-refractivity contribution in [3.63, 3.8) is 0 Å². The summed E-state index contributed by atoms with van der Waals surface area (Å²) >= 11 is 3.37. The molecule has 0 fully saturated rings. The van der Waals surface area contributed by atoms with Gasteiger partial charge in [-0.25, -0.2) is 4.68 Å². The molecule has 3 rings (SSSR count). The highest BCUT2D eigenvalue weighted by Crippen LogP contribution is 2.14. The molecular weight excluding hydrogens is 396 g/mol. The number of aryl methyl sites for hydroxylation is 1. The molecule has 7 heteroatoms. The van der Waals surface area contributed by atoms with Gasteiger partial charge in [0, 0.05) is 16.2 Å². The molecule has 0 spiro atoms. The van der Waals surface area contributed by atoms with Crippen LogP contribution < -0.4 is 10.9 Å². The van der Waals surface area contributed by atoms with Crippen LogP contribution in [0.2, 0.25) is 0 Å². The van der Waals surface area contributed by atoms with E-state index in [0.29, 0.717) is 11.1 Å². The molecule has 0 aliphatic rings. The van der Waals surface area contributed by atoms with Crippen molar-refractivity contribution in [2.75, 3.05) is 0 Å². The molecule has 1 heterocycles. The smallest absolute Gasteiger partial charge is 0.267 e. The van der Waals surface area contributed by atoms with Gasteiger partial charge in [0.05, 0.1) is 17.4 Å². The van der Waals surface area contributed by atoms with E-state index >= 15 is 0 Å². The summed E-state index contributed by atoms with van der Waals surface area (Å²) in [4.78, 5) is 24.3. The molecule has 0 bridgehead atoms. The van der Waals surface area contributed by atoms with Crippen molar-refractivity contribution in [3.8, 4) is 5.69 Å². The predicted octanol–water partition coefficient (Wildman–Crippen LogP) is 3.27. The number of hydrogen-bond acceptors (Lipinski definition) is 3. The second kappa shape index (κ2) is 7.97. The highest BCUT2D eigenvalue weighted by atomic mass is 79.9. The number of amides is 2. The molecule has 2 aromatic carbocycles. The van der Waals surface area contributed by atoms with Crippen molar-refractivity contribution >= 4 is 27.7 Å². The molecular formula is C19H17BrN4O2. The van der Waals surface area contributed by atoms with Gasteiger partial charge >= 0.3 is 0 Å². The Morgan fingerprint density at radius 2 is 1.58 bits per heavy atom. The van der Waals surface area contributed by atoms with Gasteiger partial charge in [0.15, 0.2) is 0 Å². The lowest BCUT2D eigenvalue weighted by Crippen LogP contribution is -2.41. The van der Waals surface area contributed by atoms with Gasteiger partial charge in [0.2, 0.25) is 0 Å². The standard InChI is InChI=1S/C19H17BrN4O2/c1-2-13-3-5-14(6-4-13)18(25)22-23-19(26)15-11-21-24(12-15)17-9-7-16(20)8-10-17/h3-12H,2H2,1H3,(H,22,25)(H,23,26). The van der Waals surface area contributed by atoms with Crippen LogP contribution in [0.5, 0.6) is 0 Å². The lowest BCUT2D eigenvalue weighted by atomic mass is 10.1. The average Bonchev–Trinajstić information content (AvgIpc) is 3.16. The van der Waals surface area contributed by atoms with Crippen molar-refractivity contribution in [1.29, 1.82) is 0 Å². The molecule has 0 radical (unpaired) electrons. The number of carbonyl (C=O) groups excluding carboxylic acids is 2. The Bertz CT molecular complexity index is 917. The normalized spacial score (nSPS) is 10.4. The van der Waals surface area contributed by atoms with Crippen LogP contribution in [0.1, 0.15) is 33.2 Å². The quantitative estimate of drug-likeness (QED) is 0.645. The molecule has 0 saturated carbocycles. The number of carbonyl (C=O) groups is 2. The Morgan fingerprint density at radius 1 is 0.962 bits per heavy atom. The lowest BCUT2D eigenvalue weighted by Gasteiger charge is -2.06. The highest BCUT2D eigenvalue weighted by Gasteiger charge is 2.11. The maximum Gasteiger partial charge on any atom is 0.272 e. The van der Waals surface area contributed by atoms with Gasteiger partial charge in [0.1, 0.15) is 0 Å². The number of nitrogens with zero attached hydrogens (tertiary/aromatic N) is 2. The fourth-order valence-corrected chi connectivity index (χ4v) is 2.59. The molecule has 0 aliphatic heterocycles. The molecule has 3 aromatic rings. The Hall–Kier alpha value is -2.93. The fraction of sp³-hybridized carbons (Fsp3) is 0.105. The van der Waals surface area contributed by atoms with E-state index in [0.717, 1.165) is 22.1 Å². The van der Waals surface area contributed by atoms with Crippen LogP contribution in [-0.2, 0) is 6.42 Å². The number of benzene rings is 2. The van der Waals surface area contributed by atoms with Crippen LogP contribution >= 0.6 is 15.9 Å². The fourth-order valence-electron chi connectivity index (χ4n) is 2.32. The third-order valence-electron chi connectivity index (χ3n) is 3.85. The number of rotatable bonds is 4. The van der Waals surface area contributed by atoms with Crippen LogP contribution in [0.25, 0.3) is 5.69 Å². The average molecular weight is 413 g/mol. The van der Waals surface area contributed by atoms with E-state index in [9.17, 15) is 9.59 Å². The van der Waals surface area contributed by atoms with E-state index in [2.05, 4.69) is 31.9 Å². The van der Waals surface area contributed by atoms with Gasteiger partial charge in [-0.1, -0.05) is 35.0 Å². The molecule has 132 valence electrons. The highest BCUT2D eigenvalue weighted by molar-refractivity contribution is 9.10. The van der Waals surface area contributed by atoms with Crippen molar-refractivity contribution in [3.05, 3.63) is 82.1 Å². The van der Waals surface area contributed by atoms with Gasteiger partial charge in [-0.15, -0.1) is 0 Å². The maximum atomic E-state index is 12.2. The first kappa shape index (κ1) is 17.9. The second-order valence-electron chi connectivity index (χ2n) is 5.61. The molecule has 26 heavy (non-hydrogen) atoms. The topological polar surface area (TPSA) is 76.0 Å². The van der Waals surface area contributed by atoms with Gasteiger partial charge in [-0.05, 0) is 48.4 Å². The predicted molar refractivity (Wildman–Crippen MR) is 102 cm³/mol. The zero-order valence-electron chi connectivity index (χ0n) is 14.1. The SMILES string of the molecule is CCc1ccc(C(=O)NNC(=O)c2cnn(-c3ccc(Br)cc3)c2)cc1. The van der Waals surface area contributed by atoms with E-state index < -0.39 is 5.91 Å². The Morgan fingerprint density at radius 3 is 2.19 bits per heavy atom. The number of nitrogens with one attached hydrogen (secondary N) is 2. The van der Waals surface area contributed by atoms with Gasteiger partial charge in [-0.3, -0.25) is 20.4 Å². The third kappa shape index (κ3) is 4.18. The van der Waals surface area contributed by atoms with E-state index in [1.165, 1.54) is 6.20 Å². The first-order valence-corrected chi connectivity index (χ1v) is 8.86. The largest absolute Gasteiger partial charge is 0.272 e. The molecule has 2 N–H and O–H groups in total. The summed E-state index contributed by atoms with van der Waals surface area (Å²) in [5.41, 5.74) is 7.60.